The number of hydrogen-bond donors (Lipinski definition) is 2. The van der Waals surface area contributed by atoms with Crippen molar-refractivity contribution in [2.75, 3.05) is 29.5 Å². The highest BCUT2D eigenvalue weighted by Crippen LogP contribution is 2.25. The third-order valence-electron chi connectivity index (χ3n) is 2.71. The van der Waals surface area contributed by atoms with Gasteiger partial charge < -0.3 is 15.8 Å². The predicted octanol–water partition coefficient (Wildman–Crippen LogP) is 1.47. The highest BCUT2D eigenvalue weighted by atomic mass is 32.2. The van der Waals surface area contributed by atoms with Crippen LogP contribution < -0.4 is 10.6 Å². The molecule has 1 saturated heterocycles. The van der Waals surface area contributed by atoms with Crippen LogP contribution in [0.15, 0.2) is 23.4 Å². The van der Waals surface area contributed by atoms with Gasteiger partial charge in [-0.3, -0.25) is 0 Å². The van der Waals surface area contributed by atoms with Gasteiger partial charge in [-0.05, 0) is 12.1 Å². The van der Waals surface area contributed by atoms with E-state index in [1.807, 2.05) is 11.8 Å². The number of oxime groups is 1. The van der Waals surface area contributed by atoms with Gasteiger partial charge in [-0.15, -0.1) is 0 Å². The van der Waals surface area contributed by atoms with Gasteiger partial charge in [-0.25, -0.2) is 4.39 Å². The molecule has 1 aromatic carbocycles. The SMILES string of the molecule is NC(=NO)c1c(F)cccc1N1CCSCC1. The van der Waals surface area contributed by atoms with E-state index < -0.39 is 5.82 Å². The summed E-state index contributed by atoms with van der Waals surface area (Å²) < 4.78 is 13.7. The smallest absolute Gasteiger partial charge is 0.175 e. The summed E-state index contributed by atoms with van der Waals surface area (Å²) in [7, 11) is 0. The Morgan fingerprint density at radius 2 is 2.12 bits per heavy atom. The van der Waals surface area contributed by atoms with Crippen LogP contribution in [-0.2, 0) is 0 Å². The molecule has 2 rings (SSSR count). The largest absolute Gasteiger partial charge is 0.409 e. The molecule has 1 heterocycles. The molecule has 0 bridgehead atoms. The highest BCUT2D eigenvalue weighted by molar-refractivity contribution is 7.99. The zero-order valence-corrected chi connectivity index (χ0v) is 10.1. The van der Waals surface area contributed by atoms with E-state index >= 15 is 0 Å². The molecule has 1 aromatic rings. The molecule has 0 radical (unpaired) electrons. The third-order valence-corrected chi connectivity index (χ3v) is 3.65. The Hall–Kier alpha value is -1.43. The maximum absolute atomic E-state index is 13.7. The van der Waals surface area contributed by atoms with Crippen molar-refractivity contribution < 1.29 is 9.60 Å². The first kappa shape index (κ1) is 12.0. The summed E-state index contributed by atoms with van der Waals surface area (Å²) >= 11 is 1.87. The highest BCUT2D eigenvalue weighted by Gasteiger charge is 2.19. The summed E-state index contributed by atoms with van der Waals surface area (Å²) in [5, 5.41) is 11.6. The molecule has 1 aliphatic rings. The fourth-order valence-corrected chi connectivity index (χ4v) is 2.79. The van der Waals surface area contributed by atoms with Crippen molar-refractivity contribution in [3.63, 3.8) is 0 Å². The Kier molecular flexibility index (Phi) is 3.73. The Balaban J connectivity index is 2.41. The number of rotatable bonds is 2. The van der Waals surface area contributed by atoms with Gasteiger partial charge in [-0.1, -0.05) is 11.2 Å². The summed E-state index contributed by atoms with van der Waals surface area (Å²) in [6.45, 7) is 1.69. The monoisotopic (exact) mass is 255 g/mol. The molecule has 4 nitrogen and oxygen atoms in total. The molecule has 0 aromatic heterocycles. The molecule has 1 aliphatic heterocycles. The molecule has 0 unspecified atom stereocenters. The first-order valence-corrected chi connectivity index (χ1v) is 6.48. The zero-order valence-electron chi connectivity index (χ0n) is 9.27. The third kappa shape index (κ3) is 2.46. The standard InChI is InChI=1S/C11H14FN3OS/c12-8-2-1-3-9(10(8)11(13)14-16)15-4-6-17-7-5-15/h1-3,16H,4-7H2,(H2,13,14). The minimum absolute atomic E-state index is 0.182. The summed E-state index contributed by atoms with van der Waals surface area (Å²) in [6, 6.07) is 4.75. The zero-order chi connectivity index (χ0) is 12.3. The van der Waals surface area contributed by atoms with Crippen molar-refractivity contribution in [3.8, 4) is 0 Å². The number of halogens is 1. The molecule has 1 fully saturated rings. The van der Waals surface area contributed by atoms with E-state index in [1.54, 1.807) is 12.1 Å². The molecule has 3 N–H and O–H groups in total. The van der Waals surface area contributed by atoms with Crippen LogP contribution in [0.2, 0.25) is 0 Å². The molecule has 0 saturated carbocycles. The number of nitrogens with zero attached hydrogens (tertiary/aromatic N) is 2. The van der Waals surface area contributed by atoms with Gasteiger partial charge >= 0.3 is 0 Å². The van der Waals surface area contributed by atoms with Crippen molar-refractivity contribution in [1.29, 1.82) is 0 Å². The van der Waals surface area contributed by atoms with E-state index in [0.29, 0.717) is 5.69 Å². The second-order valence-electron chi connectivity index (χ2n) is 3.72. The fourth-order valence-electron chi connectivity index (χ4n) is 1.88. The topological polar surface area (TPSA) is 61.9 Å². The normalized spacial score (nSPS) is 17.2. The molecule has 0 atom stereocenters. The molecule has 92 valence electrons. The van der Waals surface area contributed by atoms with E-state index in [0.717, 1.165) is 24.6 Å². The minimum Gasteiger partial charge on any atom is -0.409 e. The number of benzene rings is 1. The Labute approximate surface area is 103 Å². The van der Waals surface area contributed by atoms with Crippen LogP contribution >= 0.6 is 11.8 Å². The summed E-state index contributed by atoms with van der Waals surface area (Å²) in [5.41, 5.74) is 6.41. The lowest BCUT2D eigenvalue weighted by Crippen LogP contribution is -2.34. The lowest BCUT2D eigenvalue weighted by atomic mass is 10.1. The number of nitrogens with two attached hydrogens (primary N) is 1. The van der Waals surface area contributed by atoms with Crippen molar-refractivity contribution >= 4 is 23.3 Å². The summed E-state index contributed by atoms with van der Waals surface area (Å²) in [6.07, 6.45) is 0. The molecular formula is C11H14FN3OS. The lowest BCUT2D eigenvalue weighted by molar-refractivity contribution is 0.318. The van der Waals surface area contributed by atoms with Crippen molar-refractivity contribution in [3.05, 3.63) is 29.6 Å². The average Bonchev–Trinajstić information content (AvgIpc) is 2.38. The van der Waals surface area contributed by atoms with Crippen molar-refractivity contribution in [2.45, 2.75) is 0 Å². The average molecular weight is 255 g/mol. The maximum atomic E-state index is 13.7. The second kappa shape index (κ2) is 5.27. The van der Waals surface area contributed by atoms with Gasteiger partial charge in [0.15, 0.2) is 5.84 Å². The van der Waals surface area contributed by atoms with E-state index in [4.69, 9.17) is 10.9 Å². The fraction of sp³-hybridized carbons (Fsp3) is 0.364. The van der Waals surface area contributed by atoms with E-state index in [1.165, 1.54) is 6.07 Å². The minimum atomic E-state index is -0.462. The predicted molar refractivity (Wildman–Crippen MR) is 68.4 cm³/mol. The molecule has 0 spiro atoms. The molecule has 0 amide bonds. The number of thioether (sulfide) groups is 1. The Bertz CT molecular complexity index is 433. The van der Waals surface area contributed by atoms with Crippen molar-refractivity contribution in [1.82, 2.24) is 0 Å². The van der Waals surface area contributed by atoms with Crippen molar-refractivity contribution in [2.24, 2.45) is 10.9 Å². The van der Waals surface area contributed by atoms with Crippen LogP contribution in [0.1, 0.15) is 5.56 Å². The number of anilines is 1. The van der Waals surface area contributed by atoms with Crippen LogP contribution in [0.5, 0.6) is 0 Å². The Morgan fingerprint density at radius 1 is 1.41 bits per heavy atom. The first-order chi connectivity index (χ1) is 8.24. The molecule has 17 heavy (non-hydrogen) atoms. The quantitative estimate of drug-likeness (QED) is 0.363. The van der Waals surface area contributed by atoms with E-state index in [9.17, 15) is 4.39 Å². The Morgan fingerprint density at radius 3 is 2.76 bits per heavy atom. The number of amidine groups is 1. The van der Waals surface area contributed by atoms with Crippen LogP contribution in [-0.4, -0.2) is 35.6 Å². The van der Waals surface area contributed by atoms with Gasteiger partial charge in [-0.2, -0.15) is 11.8 Å². The van der Waals surface area contributed by atoms with Crippen LogP contribution in [0.4, 0.5) is 10.1 Å². The van der Waals surface area contributed by atoms with Gasteiger partial charge in [0.05, 0.1) is 11.3 Å². The second-order valence-corrected chi connectivity index (χ2v) is 4.94. The van der Waals surface area contributed by atoms with Crippen LogP contribution in [0.3, 0.4) is 0 Å². The lowest BCUT2D eigenvalue weighted by Gasteiger charge is -2.30. The van der Waals surface area contributed by atoms with Gasteiger partial charge in [0, 0.05) is 24.6 Å². The maximum Gasteiger partial charge on any atom is 0.175 e. The molecule has 0 aliphatic carbocycles. The van der Waals surface area contributed by atoms with Gasteiger partial charge in [0.25, 0.3) is 0 Å². The van der Waals surface area contributed by atoms with E-state index in [2.05, 4.69) is 10.1 Å². The molecule has 6 heteroatoms. The van der Waals surface area contributed by atoms with E-state index in [-0.39, 0.29) is 11.4 Å². The van der Waals surface area contributed by atoms with Gasteiger partial charge in [0.2, 0.25) is 0 Å². The molecular weight excluding hydrogens is 241 g/mol. The first-order valence-electron chi connectivity index (χ1n) is 5.33. The summed E-state index contributed by atoms with van der Waals surface area (Å²) in [4.78, 5) is 2.06. The van der Waals surface area contributed by atoms with Crippen LogP contribution in [0.25, 0.3) is 0 Å². The van der Waals surface area contributed by atoms with Gasteiger partial charge in [0.1, 0.15) is 5.82 Å². The number of hydrogen-bond acceptors (Lipinski definition) is 4. The van der Waals surface area contributed by atoms with Crippen LogP contribution in [0, 0.1) is 5.82 Å². The summed E-state index contributed by atoms with van der Waals surface area (Å²) in [5.74, 6) is 1.37.